The van der Waals surface area contributed by atoms with E-state index < -0.39 is 17.6 Å². The summed E-state index contributed by atoms with van der Waals surface area (Å²) >= 11 is 0. The number of benzene rings is 2. The molecule has 180 valence electrons. The Balaban J connectivity index is 1.23. The van der Waals surface area contributed by atoms with Crippen LogP contribution in [0.15, 0.2) is 48.5 Å². The zero-order valence-electron chi connectivity index (χ0n) is 19.8. The van der Waals surface area contributed by atoms with Crippen LogP contribution in [0.3, 0.4) is 0 Å². The lowest BCUT2D eigenvalue weighted by atomic mass is 9.92. The number of carbonyl (C=O) groups excluding carboxylic acids is 2. The first-order valence-corrected chi connectivity index (χ1v) is 11.9. The highest BCUT2D eigenvalue weighted by atomic mass is 16.5. The molecule has 0 radical (unpaired) electrons. The Morgan fingerprint density at radius 2 is 1.59 bits per heavy atom. The maximum atomic E-state index is 12.6. The van der Waals surface area contributed by atoms with Gasteiger partial charge in [-0.15, -0.1) is 0 Å². The zero-order chi connectivity index (χ0) is 24.3. The second kappa shape index (κ2) is 9.87. The summed E-state index contributed by atoms with van der Waals surface area (Å²) < 4.78 is 5.63. The number of ether oxygens (including phenoxy) is 1. The Kier molecular flexibility index (Phi) is 6.91. The summed E-state index contributed by atoms with van der Waals surface area (Å²) in [6, 6.07) is 16.4. The molecule has 0 aromatic heterocycles. The number of hydrogen-bond donors (Lipinski definition) is 2. The highest BCUT2D eigenvalue weighted by Crippen LogP contribution is 2.44. The topological polar surface area (TPSA) is 95.9 Å². The molecule has 2 aromatic rings. The van der Waals surface area contributed by atoms with Gasteiger partial charge in [-0.25, -0.2) is 4.79 Å². The van der Waals surface area contributed by atoms with Gasteiger partial charge in [-0.2, -0.15) is 0 Å². The van der Waals surface area contributed by atoms with Crippen molar-refractivity contribution >= 4 is 18.0 Å². The molecule has 0 spiro atoms. The van der Waals surface area contributed by atoms with Crippen LogP contribution in [0.4, 0.5) is 4.79 Å². The van der Waals surface area contributed by atoms with E-state index >= 15 is 0 Å². The van der Waals surface area contributed by atoms with E-state index in [0.717, 1.165) is 11.1 Å². The second-order valence-electron chi connectivity index (χ2n) is 9.93. The molecule has 0 atom stereocenters. The van der Waals surface area contributed by atoms with Crippen LogP contribution >= 0.6 is 0 Å². The van der Waals surface area contributed by atoms with Gasteiger partial charge < -0.3 is 20.1 Å². The van der Waals surface area contributed by atoms with Gasteiger partial charge in [-0.3, -0.25) is 9.59 Å². The monoisotopic (exact) mass is 464 g/mol. The molecule has 2 N–H and O–H groups in total. The number of likely N-dealkylation sites (tertiary alicyclic amines) is 1. The Bertz CT molecular complexity index is 1030. The van der Waals surface area contributed by atoms with E-state index in [-0.39, 0.29) is 30.8 Å². The molecule has 1 fully saturated rings. The predicted molar refractivity (Wildman–Crippen MR) is 128 cm³/mol. The van der Waals surface area contributed by atoms with Crippen molar-refractivity contribution in [2.45, 2.75) is 51.0 Å². The van der Waals surface area contributed by atoms with Crippen LogP contribution in [-0.2, 0) is 14.3 Å². The number of hydrogen-bond acceptors (Lipinski definition) is 4. The SMILES string of the molecule is CC(C)(CCC(=O)N1CC(CCC(=O)O)C1)NC(=O)OCC1c2ccccc2-c2ccccc21. The molecule has 0 unspecified atom stereocenters. The van der Waals surface area contributed by atoms with Crippen LogP contribution in [0.25, 0.3) is 11.1 Å². The van der Waals surface area contributed by atoms with Gasteiger partial charge in [0.1, 0.15) is 6.61 Å². The number of carboxylic acid groups (broad SMARTS) is 1. The molecule has 1 aliphatic carbocycles. The molecule has 2 aromatic carbocycles. The molecule has 1 heterocycles. The molecule has 1 saturated heterocycles. The van der Waals surface area contributed by atoms with Gasteiger partial charge in [0.25, 0.3) is 0 Å². The number of aliphatic carboxylic acids is 1. The van der Waals surface area contributed by atoms with Crippen LogP contribution in [-0.4, -0.2) is 53.2 Å². The van der Waals surface area contributed by atoms with Gasteiger partial charge >= 0.3 is 12.1 Å². The molecule has 7 heteroatoms. The Morgan fingerprint density at radius 3 is 2.18 bits per heavy atom. The van der Waals surface area contributed by atoms with E-state index in [4.69, 9.17) is 9.84 Å². The third-order valence-corrected chi connectivity index (χ3v) is 6.82. The van der Waals surface area contributed by atoms with Crippen molar-refractivity contribution in [2.24, 2.45) is 5.92 Å². The number of carbonyl (C=O) groups is 3. The molecule has 34 heavy (non-hydrogen) atoms. The number of alkyl carbamates (subject to hydrolysis) is 1. The molecule has 7 nitrogen and oxygen atoms in total. The predicted octanol–water partition coefficient (Wildman–Crippen LogP) is 4.41. The van der Waals surface area contributed by atoms with E-state index in [1.54, 1.807) is 4.90 Å². The molecular formula is C27H32N2O5. The molecule has 0 saturated carbocycles. The van der Waals surface area contributed by atoms with Gasteiger partial charge in [0, 0.05) is 37.4 Å². The summed E-state index contributed by atoms with van der Waals surface area (Å²) in [6.07, 6.45) is 1.07. The number of nitrogens with one attached hydrogen (secondary N) is 1. The summed E-state index contributed by atoms with van der Waals surface area (Å²) in [5.74, 6) is -0.491. The number of nitrogens with zero attached hydrogens (tertiary/aromatic N) is 1. The van der Waals surface area contributed by atoms with Gasteiger partial charge in [0.2, 0.25) is 5.91 Å². The van der Waals surface area contributed by atoms with Crippen molar-refractivity contribution in [3.8, 4) is 11.1 Å². The summed E-state index contributed by atoms with van der Waals surface area (Å²) in [5.41, 5.74) is 4.10. The minimum atomic E-state index is -0.800. The first kappa shape index (κ1) is 23.8. The Hall–Kier alpha value is -3.35. The fraction of sp³-hybridized carbons (Fsp3) is 0.444. The van der Waals surface area contributed by atoms with Crippen molar-refractivity contribution in [3.63, 3.8) is 0 Å². The van der Waals surface area contributed by atoms with Crippen LogP contribution in [0.5, 0.6) is 0 Å². The van der Waals surface area contributed by atoms with Gasteiger partial charge in [0.05, 0.1) is 0 Å². The maximum absolute atomic E-state index is 12.6. The van der Waals surface area contributed by atoms with Crippen LogP contribution in [0.2, 0.25) is 0 Å². The van der Waals surface area contributed by atoms with Gasteiger partial charge in [0.15, 0.2) is 0 Å². The molecule has 2 aliphatic rings. The minimum Gasteiger partial charge on any atom is -0.481 e. The third-order valence-electron chi connectivity index (χ3n) is 6.82. The summed E-state index contributed by atoms with van der Waals surface area (Å²) in [6.45, 7) is 5.25. The first-order chi connectivity index (χ1) is 16.2. The minimum absolute atomic E-state index is 0.00308. The fourth-order valence-corrected chi connectivity index (χ4v) is 4.83. The van der Waals surface area contributed by atoms with Gasteiger partial charge in [-0.05, 0) is 54.9 Å². The molecular weight excluding hydrogens is 432 g/mol. The van der Waals surface area contributed by atoms with Crippen LogP contribution in [0, 0.1) is 5.92 Å². The first-order valence-electron chi connectivity index (χ1n) is 11.9. The standard InChI is InChI=1S/C27H32N2O5/c1-27(2,14-13-24(30)29-15-18(16-29)11-12-25(31)32)28-26(33)34-17-23-21-9-5-3-7-19(21)20-8-4-6-10-22(20)23/h3-10,18,23H,11-17H2,1-2H3,(H,28,33)(H,31,32). The number of fused-ring (bicyclic) bond motifs is 3. The third kappa shape index (κ3) is 5.41. The molecule has 0 bridgehead atoms. The molecule has 1 aliphatic heterocycles. The van der Waals surface area contributed by atoms with Crippen molar-refractivity contribution in [3.05, 3.63) is 59.7 Å². The number of rotatable bonds is 9. The lowest BCUT2D eigenvalue weighted by Gasteiger charge is -2.40. The van der Waals surface area contributed by atoms with E-state index in [1.165, 1.54) is 11.1 Å². The smallest absolute Gasteiger partial charge is 0.407 e. The van der Waals surface area contributed by atoms with E-state index in [0.29, 0.717) is 32.4 Å². The maximum Gasteiger partial charge on any atom is 0.407 e. The van der Waals surface area contributed by atoms with Crippen molar-refractivity contribution in [1.29, 1.82) is 0 Å². The van der Waals surface area contributed by atoms with Crippen molar-refractivity contribution in [2.75, 3.05) is 19.7 Å². The second-order valence-corrected chi connectivity index (χ2v) is 9.93. The molecule has 2 amide bonds. The van der Waals surface area contributed by atoms with Gasteiger partial charge in [-0.1, -0.05) is 48.5 Å². The van der Waals surface area contributed by atoms with E-state index in [9.17, 15) is 14.4 Å². The average molecular weight is 465 g/mol. The van der Waals surface area contributed by atoms with Crippen LogP contribution in [0.1, 0.15) is 56.6 Å². The van der Waals surface area contributed by atoms with E-state index in [2.05, 4.69) is 29.6 Å². The summed E-state index contributed by atoms with van der Waals surface area (Å²) in [7, 11) is 0. The Morgan fingerprint density at radius 1 is 1.00 bits per heavy atom. The number of carboxylic acids is 1. The highest BCUT2D eigenvalue weighted by Gasteiger charge is 2.33. The quantitative estimate of drug-likeness (QED) is 0.573. The largest absolute Gasteiger partial charge is 0.481 e. The van der Waals surface area contributed by atoms with Crippen LogP contribution < -0.4 is 5.32 Å². The Labute approximate surface area is 200 Å². The summed E-state index contributed by atoms with van der Waals surface area (Å²) in [5, 5.41) is 11.7. The molecule has 4 rings (SSSR count). The highest BCUT2D eigenvalue weighted by molar-refractivity contribution is 5.79. The van der Waals surface area contributed by atoms with Crippen molar-refractivity contribution in [1.82, 2.24) is 10.2 Å². The van der Waals surface area contributed by atoms with Crippen molar-refractivity contribution < 1.29 is 24.2 Å². The lowest BCUT2D eigenvalue weighted by Crippen LogP contribution is -2.51. The fourth-order valence-electron chi connectivity index (χ4n) is 4.83. The normalized spacial score (nSPS) is 15.3. The average Bonchev–Trinajstić information content (AvgIpc) is 3.08. The zero-order valence-corrected chi connectivity index (χ0v) is 19.8. The number of amides is 2. The van der Waals surface area contributed by atoms with E-state index in [1.807, 2.05) is 38.1 Å². The summed E-state index contributed by atoms with van der Waals surface area (Å²) in [4.78, 5) is 37.4. The lowest BCUT2D eigenvalue weighted by molar-refractivity contribution is -0.139.